The van der Waals surface area contributed by atoms with Crippen LogP contribution in [-0.4, -0.2) is 211 Å². The quantitative estimate of drug-likeness (QED) is 0.0723. The van der Waals surface area contributed by atoms with Crippen LogP contribution in [-0.2, 0) is 71.1 Å². The van der Waals surface area contributed by atoms with E-state index in [0.717, 1.165) is 11.1 Å². The summed E-state index contributed by atoms with van der Waals surface area (Å²) >= 11 is 0. The van der Waals surface area contributed by atoms with Crippen molar-refractivity contribution in [3.63, 3.8) is 0 Å². The molecule has 86 heavy (non-hydrogen) atoms. The van der Waals surface area contributed by atoms with Crippen molar-refractivity contribution in [3.05, 3.63) is 83.7 Å². The van der Waals surface area contributed by atoms with Gasteiger partial charge in [0.25, 0.3) is 0 Å². The Bertz CT molecular complexity index is 2690. The Hall–Kier alpha value is -3.89. The van der Waals surface area contributed by atoms with E-state index in [4.69, 9.17) is 66.3 Å². The number of carbonyl (C=O) groups excluding carboxylic acids is 2. The molecule has 0 radical (unpaired) electrons. The van der Waals surface area contributed by atoms with Gasteiger partial charge in [-0.2, -0.15) is 0 Å². The fourth-order valence-electron chi connectivity index (χ4n) is 16.0. The number of aromatic nitrogens is 1. The maximum Gasteiger partial charge on any atom is 0.340 e. The molecule has 3 saturated carbocycles. The number of ether oxygens (including phenoxy) is 14. The number of pyridine rings is 1. The van der Waals surface area contributed by atoms with Crippen molar-refractivity contribution in [2.75, 3.05) is 28.4 Å². The second-order valence-corrected chi connectivity index (χ2v) is 25.5. The Morgan fingerprint density at radius 3 is 1.85 bits per heavy atom. The van der Waals surface area contributed by atoms with Gasteiger partial charge < -0.3 is 91.8 Å². The zero-order valence-electron chi connectivity index (χ0n) is 51.3. The van der Waals surface area contributed by atoms with Crippen LogP contribution in [0.3, 0.4) is 0 Å². The third kappa shape index (κ3) is 11.9. The minimum absolute atomic E-state index is 0.0559. The first kappa shape index (κ1) is 65.1. The third-order valence-electron chi connectivity index (χ3n) is 21.0. The first-order valence-corrected chi connectivity index (χ1v) is 30.6. The van der Waals surface area contributed by atoms with Gasteiger partial charge in [-0.15, -0.1) is 0 Å². The number of methoxy groups -OCH3 is 4. The molecule has 7 fully saturated rings. The lowest BCUT2D eigenvalue weighted by Gasteiger charge is -2.67. The molecule has 4 saturated heterocycles. The van der Waals surface area contributed by atoms with E-state index in [-0.39, 0.29) is 43.8 Å². The van der Waals surface area contributed by atoms with Gasteiger partial charge in [-0.3, -0.25) is 4.98 Å². The van der Waals surface area contributed by atoms with Crippen molar-refractivity contribution in [1.82, 2.24) is 4.98 Å². The van der Waals surface area contributed by atoms with E-state index in [1.807, 2.05) is 57.2 Å². The van der Waals surface area contributed by atoms with Crippen LogP contribution in [0.2, 0.25) is 0 Å². The molecule has 8 aliphatic rings. The van der Waals surface area contributed by atoms with E-state index in [1.165, 1.54) is 25.6 Å². The van der Waals surface area contributed by atoms with E-state index >= 15 is 0 Å². The summed E-state index contributed by atoms with van der Waals surface area (Å²) < 4.78 is 87.4. The summed E-state index contributed by atoms with van der Waals surface area (Å²) in [5, 5.41) is 61.2. The number of nitrogens with zero attached hydrogens (tertiary/aromatic N) is 1. The third-order valence-corrected chi connectivity index (χ3v) is 21.0. The lowest BCUT2D eigenvalue weighted by molar-refractivity contribution is -0.356. The monoisotopic (exact) mass is 1210 g/mol. The number of carbonyl (C=O) groups is 2. The van der Waals surface area contributed by atoms with Gasteiger partial charge in [0.2, 0.25) is 0 Å². The summed E-state index contributed by atoms with van der Waals surface area (Å²) in [6.07, 6.45) is -3.73. The summed E-state index contributed by atoms with van der Waals surface area (Å²) in [6.45, 7) is 12.7. The molecule has 0 spiro atoms. The maximum atomic E-state index is 14.0. The van der Waals surface area contributed by atoms with Crippen LogP contribution in [0.1, 0.15) is 129 Å². The van der Waals surface area contributed by atoms with E-state index in [1.54, 1.807) is 60.3 Å². The molecular weight excluding hydrogens is 1120 g/mol. The van der Waals surface area contributed by atoms with Crippen molar-refractivity contribution >= 4 is 18.0 Å². The molecule has 10 rings (SSSR count). The Morgan fingerprint density at radius 2 is 1.28 bits per heavy atom. The highest BCUT2D eigenvalue weighted by Gasteiger charge is 2.81. The van der Waals surface area contributed by atoms with Gasteiger partial charge in [0, 0.05) is 72.1 Å². The standard InChI is InChI=1S/C64H91NO21/c1-34-52(67)57(76-11)53(68)59(80-34)86-56-37(4)79-51(31-45(56)75-10)85-55-36(3)78-50(30-44(55)74-9)84-54-35(2)77-49(29-43(54)73-8)82-42-22-23-60(6)41(28-42)21-24-63(71)46(60)32-47(83-48(66)20-19-39-16-13-12-14-17-39)61(7)62(70,25-26-64(61,63)72)38(5)81-58(69)40-18-15-27-65-33-40/h12-21,27,33-38,42-47,49-57,59,67-68,70-72H,22-26,28-32H2,1-11H3/b20-19+/t34-,35-,36-,37-,38+,42+,43+,44+,45-,46-,47-,49+,50+,51+,52-,53-,54-,55-,56-,57+,59+,60+,61-,62+,63+,64-/m1/s1. The van der Waals surface area contributed by atoms with Crippen LogP contribution in [0.4, 0.5) is 0 Å². The molecule has 26 atom stereocenters. The van der Waals surface area contributed by atoms with Crippen LogP contribution >= 0.6 is 0 Å². The van der Waals surface area contributed by atoms with Crippen molar-refractivity contribution < 1.29 is 101 Å². The van der Waals surface area contributed by atoms with E-state index < -0.39 is 162 Å². The van der Waals surface area contributed by atoms with E-state index in [9.17, 15) is 35.1 Å². The van der Waals surface area contributed by atoms with Gasteiger partial charge in [-0.05, 0) is 109 Å². The molecule has 2 aromatic rings. The summed E-state index contributed by atoms with van der Waals surface area (Å²) in [5.41, 5.74) is -6.17. The molecule has 1 aromatic carbocycles. The molecule has 5 N–H and O–H groups in total. The van der Waals surface area contributed by atoms with E-state index in [2.05, 4.69) is 11.9 Å². The molecule has 22 heteroatoms. The second-order valence-electron chi connectivity index (χ2n) is 25.5. The summed E-state index contributed by atoms with van der Waals surface area (Å²) in [7, 11) is 6.24. The molecule has 478 valence electrons. The smallest absolute Gasteiger partial charge is 0.340 e. The Balaban J connectivity index is 0.776. The summed E-state index contributed by atoms with van der Waals surface area (Å²) in [5.74, 6) is -2.03. The maximum absolute atomic E-state index is 14.0. The van der Waals surface area contributed by atoms with Crippen molar-refractivity contribution in [3.8, 4) is 0 Å². The van der Waals surface area contributed by atoms with Crippen LogP contribution in [0.5, 0.6) is 0 Å². The van der Waals surface area contributed by atoms with Crippen LogP contribution in [0.25, 0.3) is 6.08 Å². The normalized spacial score (nSPS) is 45.5. The average molecular weight is 1210 g/mol. The van der Waals surface area contributed by atoms with Gasteiger partial charge >= 0.3 is 11.9 Å². The molecular formula is C64H91NO21. The van der Waals surface area contributed by atoms with Crippen LogP contribution in [0.15, 0.2) is 72.6 Å². The fourth-order valence-corrected chi connectivity index (χ4v) is 16.0. The lowest BCUT2D eigenvalue weighted by atomic mass is 9.42. The highest BCUT2D eigenvalue weighted by molar-refractivity contribution is 5.89. The number of aliphatic hydroxyl groups excluding tert-OH is 2. The topological polar surface area (TPSA) is 277 Å². The Morgan fingerprint density at radius 1 is 0.686 bits per heavy atom. The van der Waals surface area contributed by atoms with Gasteiger partial charge in [-0.25, -0.2) is 9.59 Å². The van der Waals surface area contributed by atoms with Gasteiger partial charge in [0.15, 0.2) is 25.2 Å². The molecule has 0 bridgehead atoms. The number of hydrogen-bond acceptors (Lipinski definition) is 22. The van der Waals surface area contributed by atoms with Crippen LogP contribution in [0, 0.1) is 16.7 Å². The molecule has 4 aliphatic heterocycles. The molecule has 4 aliphatic carbocycles. The van der Waals surface area contributed by atoms with Crippen molar-refractivity contribution in [2.45, 2.75) is 252 Å². The number of fused-ring (bicyclic) bond motifs is 5. The zero-order valence-corrected chi connectivity index (χ0v) is 51.3. The minimum atomic E-state index is -2.02. The predicted molar refractivity (Wildman–Crippen MR) is 305 cm³/mol. The second kappa shape index (κ2) is 26.1. The van der Waals surface area contributed by atoms with Crippen molar-refractivity contribution in [1.29, 1.82) is 0 Å². The average Bonchev–Trinajstić information content (AvgIpc) is 1.37. The first-order valence-electron chi connectivity index (χ1n) is 30.6. The van der Waals surface area contributed by atoms with Crippen molar-refractivity contribution in [2.24, 2.45) is 16.7 Å². The molecule has 5 heterocycles. The van der Waals surface area contributed by atoms with Gasteiger partial charge in [-0.1, -0.05) is 55.8 Å². The largest absolute Gasteiger partial charge is 0.458 e. The highest BCUT2D eigenvalue weighted by Crippen LogP contribution is 2.71. The molecule has 1 aromatic heterocycles. The molecule has 0 amide bonds. The molecule has 22 nitrogen and oxygen atoms in total. The lowest BCUT2D eigenvalue weighted by Crippen LogP contribution is -2.78. The SMILES string of the molecule is CO[C@@H]1[C@@H](O)[C@H](O[C@@H]2[C@@H](C)O[C@@H](O[C@H]3[C@@H](OC)C[C@H](O[C@H]4[C@@H](OC)C[C@H](O[C@H]5CC[C@@]6(C)C(=CC[C@]7(O)[C@@H]6C[C@@H](OC(=O)/C=C/c6ccccc6)[C@@]6(C)[C@]7(O)CC[C@]6(O)[C@H](C)OC(=O)c6cccnc6)C5)O[C@@H]4C)O[C@@H]3C)C[C@H]2OC)O[C@H](C)[C@H]1O. The van der Waals surface area contributed by atoms with Gasteiger partial charge in [0.05, 0.1) is 59.8 Å². The highest BCUT2D eigenvalue weighted by atomic mass is 16.8. The summed E-state index contributed by atoms with van der Waals surface area (Å²) in [4.78, 5) is 31.5. The fraction of sp³-hybridized carbons (Fsp3) is 0.734. The minimum Gasteiger partial charge on any atom is -0.458 e. The van der Waals surface area contributed by atoms with Gasteiger partial charge in [0.1, 0.15) is 65.6 Å². The zero-order chi connectivity index (χ0) is 61.7. The summed E-state index contributed by atoms with van der Waals surface area (Å²) in [6, 6.07) is 12.5. The first-order chi connectivity index (χ1) is 40.9. The number of rotatable bonds is 18. The van der Waals surface area contributed by atoms with E-state index in [0.29, 0.717) is 32.1 Å². The number of hydrogen-bond donors (Lipinski definition) is 5. The Kier molecular flexibility index (Phi) is 19.8. The number of aliphatic hydroxyl groups is 5. The van der Waals surface area contributed by atoms with Crippen LogP contribution < -0.4 is 0 Å². The molecule has 0 unspecified atom stereocenters. The number of esters is 2. The predicted octanol–water partition coefficient (Wildman–Crippen LogP) is 5.26. The Labute approximate surface area is 504 Å². The number of benzene rings is 1.